The van der Waals surface area contributed by atoms with Crippen LogP contribution < -0.4 is 5.69 Å². The molecule has 194 valence electrons. The predicted octanol–water partition coefficient (Wildman–Crippen LogP) is 5.48. The minimum Gasteiger partial charge on any atom is -0.381 e. The maximum atomic E-state index is 15.5. The van der Waals surface area contributed by atoms with E-state index in [9.17, 15) is 4.79 Å². The summed E-state index contributed by atoms with van der Waals surface area (Å²) in [7, 11) is 0. The summed E-state index contributed by atoms with van der Waals surface area (Å²) in [6, 6.07) is 15.1. The molecule has 2 aromatic carbocycles. The summed E-state index contributed by atoms with van der Waals surface area (Å²) >= 11 is 0. The maximum Gasteiger partial charge on any atom is 0.350 e. The number of fused-ring (bicyclic) bond motifs is 1. The topological polar surface area (TPSA) is 71.2 Å². The van der Waals surface area contributed by atoms with Gasteiger partial charge in [0.25, 0.3) is 0 Å². The van der Waals surface area contributed by atoms with Gasteiger partial charge in [0, 0.05) is 42.8 Å². The Morgan fingerprint density at radius 3 is 2.57 bits per heavy atom. The summed E-state index contributed by atoms with van der Waals surface area (Å²) in [4.78, 5) is 18.1. The molecular formula is C29H33FN4O3. The Kier molecular flexibility index (Phi) is 7.48. The van der Waals surface area contributed by atoms with Gasteiger partial charge in [0.2, 0.25) is 0 Å². The molecule has 0 unspecified atom stereocenters. The van der Waals surface area contributed by atoms with Crippen molar-refractivity contribution in [1.29, 1.82) is 0 Å². The van der Waals surface area contributed by atoms with Crippen molar-refractivity contribution < 1.29 is 13.9 Å². The zero-order valence-corrected chi connectivity index (χ0v) is 21.6. The van der Waals surface area contributed by atoms with E-state index in [4.69, 9.17) is 14.5 Å². The SMILES string of the molecule is CCn1c(COCc2ccccc2)nn(-c2cc3c(C(C)C)cc(C4CCOCC4)nc3cc2F)c1=O. The molecule has 1 aliphatic heterocycles. The van der Waals surface area contributed by atoms with E-state index in [2.05, 4.69) is 25.0 Å². The Bertz CT molecular complexity index is 1440. The molecule has 0 N–H and O–H groups in total. The highest BCUT2D eigenvalue weighted by Crippen LogP contribution is 2.33. The molecule has 0 bridgehead atoms. The molecule has 0 atom stereocenters. The van der Waals surface area contributed by atoms with Crippen LogP contribution in [-0.4, -0.2) is 32.5 Å². The summed E-state index contributed by atoms with van der Waals surface area (Å²) in [5.41, 5.74) is 3.43. The molecule has 7 nitrogen and oxygen atoms in total. The second kappa shape index (κ2) is 10.9. The van der Waals surface area contributed by atoms with E-state index < -0.39 is 11.5 Å². The van der Waals surface area contributed by atoms with Crippen molar-refractivity contribution in [1.82, 2.24) is 19.3 Å². The van der Waals surface area contributed by atoms with Gasteiger partial charge in [0.15, 0.2) is 11.6 Å². The van der Waals surface area contributed by atoms with Crippen LogP contribution in [0, 0.1) is 5.82 Å². The Morgan fingerprint density at radius 1 is 1.11 bits per heavy atom. The molecule has 0 amide bonds. The van der Waals surface area contributed by atoms with Crippen molar-refractivity contribution in [3.8, 4) is 5.69 Å². The summed E-state index contributed by atoms with van der Waals surface area (Å²) < 4.78 is 29.5. The van der Waals surface area contributed by atoms with Gasteiger partial charge in [-0.2, -0.15) is 4.68 Å². The summed E-state index contributed by atoms with van der Waals surface area (Å²) in [5, 5.41) is 5.32. The first kappa shape index (κ1) is 25.3. The molecule has 8 heteroatoms. The number of hydrogen-bond donors (Lipinski definition) is 0. The van der Waals surface area contributed by atoms with Crippen LogP contribution in [0.2, 0.25) is 0 Å². The Morgan fingerprint density at radius 2 is 1.86 bits per heavy atom. The average molecular weight is 505 g/mol. The third kappa shape index (κ3) is 5.22. The zero-order valence-electron chi connectivity index (χ0n) is 21.6. The number of hydrogen-bond acceptors (Lipinski definition) is 5. The number of halogens is 1. The van der Waals surface area contributed by atoms with Gasteiger partial charge < -0.3 is 9.47 Å². The molecule has 1 fully saturated rings. The summed E-state index contributed by atoms with van der Waals surface area (Å²) in [6.07, 6.45) is 1.82. The second-order valence-electron chi connectivity index (χ2n) is 9.83. The van der Waals surface area contributed by atoms with Gasteiger partial charge in [-0.1, -0.05) is 44.2 Å². The fourth-order valence-corrected chi connectivity index (χ4v) is 4.98. The second-order valence-corrected chi connectivity index (χ2v) is 9.83. The highest BCUT2D eigenvalue weighted by molar-refractivity contribution is 5.85. The number of benzene rings is 2. The highest BCUT2D eigenvalue weighted by atomic mass is 19.1. The van der Waals surface area contributed by atoms with Gasteiger partial charge in [0.1, 0.15) is 12.3 Å². The molecular weight excluding hydrogens is 471 g/mol. The molecule has 5 rings (SSSR count). The first-order chi connectivity index (χ1) is 18.0. The first-order valence-electron chi connectivity index (χ1n) is 13.0. The first-order valence-corrected chi connectivity index (χ1v) is 13.0. The number of rotatable bonds is 8. The van der Waals surface area contributed by atoms with Gasteiger partial charge in [-0.05, 0) is 48.9 Å². The van der Waals surface area contributed by atoms with E-state index in [0.29, 0.717) is 30.4 Å². The van der Waals surface area contributed by atoms with Crippen molar-refractivity contribution in [2.45, 2.75) is 65.2 Å². The van der Waals surface area contributed by atoms with E-state index in [1.54, 1.807) is 6.07 Å². The molecule has 3 heterocycles. The summed E-state index contributed by atoms with van der Waals surface area (Å²) in [5.74, 6) is 0.437. The van der Waals surface area contributed by atoms with Crippen LogP contribution in [0.15, 0.2) is 53.3 Å². The number of aromatic nitrogens is 4. The van der Waals surface area contributed by atoms with E-state index in [1.165, 1.54) is 10.6 Å². The lowest BCUT2D eigenvalue weighted by molar-refractivity contribution is 0.0845. The standard InChI is InChI=1S/C29H33FN4O3/c1-4-33-28(18-37-17-20-8-6-5-7-9-20)32-34(29(33)35)27-15-23-22(19(2)3)14-25(21-10-12-36-13-11-21)31-26(23)16-24(27)30/h5-9,14-16,19,21H,4,10-13,17-18H2,1-3H3. The largest absolute Gasteiger partial charge is 0.381 e. The van der Waals surface area contributed by atoms with E-state index in [1.807, 2.05) is 37.3 Å². The van der Waals surface area contributed by atoms with Crippen LogP contribution in [-0.2, 0) is 29.2 Å². The maximum absolute atomic E-state index is 15.5. The monoisotopic (exact) mass is 504 g/mol. The van der Waals surface area contributed by atoms with E-state index >= 15 is 4.39 Å². The van der Waals surface area contributed by atoms with Crippen molar-refractivity contribution in [2.24, 2.45) is 0 Å². The molecule has 37 heavy (non-hydrogen) atoms. The molecule has 1 saturated heterocycles. The zero-order chi connectivity index (χ0) is 25.9. The van der Waals surface area contributed by atoms with Crippen molar-refractivity contribution in [3.05, 3.63) is 87.5 Å². The molecule has 0 radical (unpaired) electrons. The summed E-state index contributed by atoms with van der Waals surface area (Å²) in [6.45, 7) is 8.48. The third-order valence-electron chi connectivity index (χ3n) is 7.02. The molecule has 4 aromatic rings. The Labute approximate surface area is 215 Å². The predicted molar refractivity (Wildman–Crippen MR) is 141 cm³/mol. The molecule has 1 aliphatic rings. The van der Waals surface area contributed by atoms with Crippen molar-refractivity contribution in [3.63, 3.8) is 0 Å². The number of pyridine rings is 1. The normalized spacial score (nSPS) is 14.6. The van der Waals surface area contributed by atoms with Crippen LogP contribution >= 0.6 is 0 Å². The van der Waals surface area contributed by atoms with Gasteiger partial charge >= 0.3 is 5.69 Å². The lowest BCUT2D eigenvalue weighted by Crippen LogP contribution is -2.24. The fourth-order valence-electron chi connectivity index (χ4n) is 4.98. The Hall–Kier alpha value is -3.36. The lowest BCUT2D eigenvalue weighted by Gasteiger charge is -2.23. The average Bonchev–Trinajstić information content (AvgIpc) is 3.23. The molecule has 2 aromatic heterocycles. The highest BCUT2D eigenvalue weighted by Gasteiger charge is 2.22. The molecule has 0 spiro atoms. The van der Waals surface area contributed by atoms with Crippen molar-refractivity contribution in [2.75, 3.05) is 13.2 Å². The molecule has 0 saturated carbocycles. The van der Waals surface area contributed by atoms with Crippen LogP contribution in [0.1, 0.15) is 68.1 Å². The van der Waals surface area contributed by atoms with Crippen LogP contribution in [0.4, 0.5) is 4.39 Å². The number of nitrogens with zero attached hydrogens (tertiary/aromatic N) is 4. The van der Waals surface area contributed by atoms with Crippen LogP contribution in [0.3, 0.4) is 0 Å². The van der Waals surface area contributed by atoms with Gasteiger partial charge in [-0.25, -0.2) is 9.18 Å². The van der Waals surface area contributed by atoms with Gasteiger partial charge in [0.05, 0.1) is 12.1 Å². The van der Waals surface area contributed by atoms with Gasteiger partial charge in [-0.3, -0.25) is 9.55 Å². The van der Waals surface area contributed by atoms with E-state index in [0.717, 1.165) is 52.9 Å². The lowest BCUT2D eigenvalue weighted by atomic mass is 9.91. The Balaban J connectivity index is 1.51. The van der Waals surface area contributed by atoms with Gasteiger partial charge in [-0.15, -0.1) is 5.10 Å². The van der Waals surface area contributed by atoms with Crippen LogP contribution in [0.5, 0.6) is 0 Å². The van der Waals surface area contributed by atoms with Crippen LogP contribution in [0.25, 0.3) is 16.6 Å². The minimum absolute atomic E-state index is 0.122. The third-order valence-corrected chi connectivity index (χ3v) is 7.02. The fraction of sp³-hybridized carbons (Fsp3) is 0.414. The molecule has 0 aliphatic carbocycles. The van der Waals surface area contributed by atoms with Crippen molar-refractivity contribution >= 4 is 10.9 Å². The van der Waals surface area contributed by atoms with E-state index in [-0.39, 0.29) is 18.2 Å². The smallest absolute Gasteiger partial charge is 0.350 e. The minimum atomic E-state index is -0.529. The number of ether oxygens (including phenoxy) is 2. The quantitative estimate of drug-likeness (QED) is 0.318.